The van der Waals surface area contributed by atoms with Gasteiger partial charge in [-0.15, -0.1) is 0 Å². The van der Waals surface area contributed by atoms with E-state index in [4.69, 9.17) is 18.9 Å². The van der Waals surface area contributed by atoms with Crippen molar-refractivity contribution >= 4 is 5.97 Å². The van der Waals surface area contributed by atoms with E-state index in [0.717, 1.165) is 18.4 Å². The van der Waals surface area contributed by atoms with Gasteiger partial charge in [0, 0.05) is 29.9 Å². The first kappa shape index (κ1) is 27.7. The second kappa shape index (κ2) is 9.17. The van der Waals surface area contributed by atoms with Crippen LogP contribution in [0, 0.1) is 34.5 Å². The highest BCUT2D eigenvalue weighted by Crippen LogP contribution is 2.70. The van der Waals surface area contributed by atoms with Crippen LogP contribution in [-0.4, -0.2) is 105 Å². The first-order valence-corrected chi connectivity index (χ1v) is 14.9. The molecule has 14 atom stereocenters. The van der Waals surface area contributed by atoms with Crippen molar-refractivity contribution in [2.45, 2.75) is 106 Å². The zero-order valence-corrected chi connectivity index (χ0v) is 22.9. The lowest BCUT2D eigenvalue weighted by molar-refractivity contribution is -0.461. The maximum atomic E-state index is 12.5. The third-order valence-corrected chi connectivity index (χ3v) is 12.5. The molecule has 0 aromatic rings. The van der Waals surface area contributed by atoms with Crippen molar-refractivity contribution in [2.24, 2.45) is 34.5 Å². The second-order valence-corrected chi connectivity index (χ2v) is 13.8. The fourth-order valence-electron chi connectivity index (χ4n) is 10.4. The zero-order chi connectivity index (χ0) is 28.2. The van der Waals surface area contributed by atoms with Crippen molar-refractivity contribution in [3.8, 4) is 0 Å². The van der Waals surface area contributed by atoms with E-state index in [-0.39, 0.29) is 55.9 Å². The first-order valence-electron chi connectivity index (χ1n) is 14.9. The fraction of sp³-hybridized carbons (Fsp3) is 0.897. The molecule has 11 heteroatoms. The molecule has 224 valence electrons. The molecule has 3 heterocycles. The predicted octanol–water partition coefficient (Wildman–Crippen LogP) is -0.263. The molecular weight excluding hydrogens is 524 g/mol. The Balaban J connectivity index is 1.19. The van der Waals surface area contributed by atoms with E-state index in [0.29, 0.717) is 32.1 Å². The van der Waals surface area contributed by atoms with Crippen LogP contribution in [0.5, 0.6) is 0 Å². The minimum absolute atomic E-state index is 0.00520. The van der Waals surface area contributed by atoms with Crippen LogP contribution in [0.2, 0.25) is 0 Å². The van der Waals surface area contributed by atoms with E-state index in [1.807, 2.05) is 6.92 Å². The number of hydrogen-bond acceptors (Lipinski definition) is 11. The smallest absolute Gasteiger partial charge is 0.331 e. The quantitative estimate of drug-likeness (QED) is 0.196. The number of rotatable bonds is 3. The third kappa shape index (κ3) is 3.47. The van der Waals surface area contributed by atoms with Gasteiger partial charge in [-0.3, -0.25) is 0 Å². The Bertz CT molecular complexity index is 1080. The predicted molar refractivity (Wildman–Crippen MR) is 135 cm³/mol. The molecule has 0 spiro atoms. The van der Waals surface area contributed by atoms with Gasteiger partial charge in [-0.05, 0) is 74.2 Å². The molecule has 4 saturated carbocycles. The summed E-state index contributed by atoms with van der Waals surface area (Å²) in [6, 6.07) is 0. The molecule has 0 unspecified atom stereocenters. The summed E-state index contributed by atoms with van der Waals surface area (Å²) >= 11 is 0. The molecule has 0 aromatic carbocycles. The van der Waals surface area contributed by atoms with Crippen molar-refractivity contribution in [2.75, 3.05) is 19.8 Å². The van der Waals surface area contributed by atoms with Gasteiger partial charge in [0.1, 0.15) is 12.7 Å². The van der Waals surface area contributed by atoms with Crippen LogP contribution in [0.3, 0.4) is 0 Å². The standard InChI is InChI=1S/C29H42O11/c1-26-17(14-6-24(34)37-12-14)4-5-28(26,35)18-3-2-15-7-20-21(10-27(15,13-31)19(18)9-22(26)32)40-29(36)23(33)8-16(11-30)38-25(29)39-20/h6,15-23,25,30-33,35-36H,2-5,7-13H2,1H3/t15-,16-,17+,18+,19+,20+,21+,22+,23-,25-,26-,27+,28-,29-/m0/s1. The maximum Gasteiger partial charge on any atom is 0.331 e. The zero-order valence-electron chi connectivity index (χ0n) is 22.9. The summed E-state index contributed by atoms with van der Waals surface area (Å²) in [4.78, 5) is 11.9. The number of aliphatic hydroxyl groups is 6. The maximum absolute atomic E-state index is 12.5. The summed E-state index contributed by atoms with van der Waals surface area (Å²) in [6.07, 6.45) is 0.297. The Hall–Kier alpha value is -1.15. The highest BCUT2D eigenvalue weighted by molar-refractivity contribution is 5.85. The van der Waals surface area contributed by atoms with Crippen LogP contribution in [0.1, 0.15) is 58.3 Å². The molecule has 3 aliphatic heterocycles. The monoisotopic (exact) mass is 566 g/mol. The van der Waals surface area contributed by atoms with Crippen LogP contribution in [0.4, 0.5) is 0 Å². The number of aliphatic hydroxyl groups excluding tert-OH is 4. The van der Waals surface area contributed by atoms with Crippen LogP contribution in [0.25, 0.3) is 0 Å². The van der Waals surface area contributed by atoms with E-state index in [1.165, 1.54) is 6.08 Å². The number of cyclic esters (lactones) is 1. The molecule has 4 aliphatic carbocycles. The van der Waals surface area contributed by atoms with E-state index in [9.17, 15) is 35.4 Å². The van der Waals surface area contributed by atoms with E-state index >= 15 is 0 Å². The van der Waals surface area contributed by atoms with Crippen LogP contribution in [0.15, 0.2) is 11.6 Å². The lowest BCUT2D eigenvalue weighted by Crippen LogP contribution is -2.72. The van der Waals surface area contributed by atoms with Crippen molar-refractivity contribution in [3.63, 3.8) is 0 Å². The molecule has 40 heavy (non-hydrogen) atoms. The number of hydrogen-bond donors (Lipinski definition) is 6. The highest BCUT2D eigenvalue weighted by Gasteiger charge is 2.72. The average Bonchev–Trinajstić information content (AvgIpc) is 3.48. The summed E-state index contributed by atoms with van der Waals surface area (Å²) in [5.41, 5.74) is -1.88. The molecule has 6 fully saturated rings. The van der Waals surface area contributed by atoms with Crippen LogP contribution < -0.4 is 0 Å². The molecule has 0 amide bonds. The highest BCUT2D eigenvalue weighted by atomic mass is 16.8. The fourth-order valence-corrected chi connectivity index (χ4v) is 10.4. The lowest BCUT2D eigenvalue weighted by Gasteiger charge is -2.66. The number of fused-ring (bicyclic) bond motifs is 7. The van der Waals surface area contributed by atoms with E-state index in [1.54, 1.807) is 0 Å². The molecule has 7 rings (SSSR count). The number of ether oxygens (including phenoxy) is 4. The Morgan fingerprint density at radius 1 is 0.975 bits per heavy atom. The van der Waals surface area contributed by atoms with Gasteiger partial charge >= 0.3 is 5.97 Å². The second-order valence-electron chi connectivity index (χ2n) is 13.8. The molecule has 0 radical (unpaired) electrons. The van der Waals surface area contributed by atoms with Crippen molar-refractivity contribution in [1.29, 1.82) is 0 Å². The molecule has 0 aromatic heterocycles. The van der Waals surface area contributed by atoms with Crippen LogP contribution >= 0.6 is 0 Å². The van der Waals surface area contributed by atoms with Gasteiger partial charge in [-0.2, -0.15) is 0 Å². The molecular formula is C29H42O11. The van der Waals surface area contributed by atoms with E-state index < -0.39 is 59.0 Å². The molecule has 7 aliphatic rings. The summed E-state index contributed by atoms with van der Waals surface area (Å²) in [6.45, 7) is 1.67. The Morgan fingerprint density at radius 2 is 1.77 bits per heavy atom. The summed E-state index contributed by atoms with van der Waals surface area (Å²) in [5, 5.41) is 66.9. The minimum Gasteiger partial charge on any atom is -0.458 e. The summed E-state index contributed by atoms with van der Waals surface area (Å²) in [7, 11) is 0. The van der Waals surface area contributed by atoms with E-state index in [2.05, 4.69) is 0 Å². The first-order chi connectivity index (χ1) is 19.0. The third-order valence-electron chi connectivity index (χ3n) is 12.5. The topological polar surface area (TPSA) is 175 Å². The van der Waals surface area contributed by atoms with Gasteiger partial charge in [-0.1, -0.05) is 6.92 Å². The van der Waals surface area contributed by atoms with Gasteiger partial charge in [-0.25, -0.2) is 4.79 Å². The van der Waals surface area contributed by atoms with Crippen molar-refractivity contribution in [3.05, 3.63) is 11.6 Å². The van der Waals surface area contributed by atoms with Gasteiger partial charge in [0.2, 0.25) is 12.1 Å². The Labute approximate surface area is 233 Å². The van der Waals surface area contributed by atoms with Crippen molar-refractivity contribution in [1.82, 2.24) is 0 Å². The molecule has 6 N–H and O–H groups in total. The number of carbonyl (C=O) groups excluding carboxylic acids is 1. The van der Waals surface area contributed by atoms with Crippen molar-refractivity contribution < 1.29 is 54.4 Å². The van der Waals surface area contributed by atoms with Gasteiger partial charge in [0.25, 0.3) is 0 Å². The summed E-state index contributed by atoms with van der Waals surface area (Å²) in [5.74, 6) is -2.97. The SMILES string of the molecule is C[C@]12[C@H](O)C[C@@H]3[C@@H](CC[C@H]4C[C@H]5O[C@@H]6O[C@H](CO)C[C@H](O)[C@]6(O)O[C@@H]5C[C@@]43CO)[C@@]1(O)CC[C@@H]2C1=CC(=O)OC1. The van der Waals surface area contributed by atoms with Gasteiger partial charge in [0.05, 0.1) is 36.6 Å². The van der Waals surface area contributed by atoms with Crippen LogP contribution in [-0.2, 0) is 23.7 Å². The molecule has 2 saturated heterocycles. The molecule has 11 nitrogen and oxygen atoms in total. The Kier molecular flexibility index (Phi) is 6.35. The Morgan fingerprint density at radius 3 is 2.48 bits per heavy atom. The largest absolute Gasteiger partial charge is 0.458 e. The molecule has 0 bridgehead atoms. The number of carbonyl (C=O) groups is 1. The minimum atomic E-state index is -2.10. The van der Waals surface area contributed by atoms with Gasteiger partial charge < -0.3 is 49.6 Å². The number of esters is 1. The van der Waals surface area contributed by atoms with Gasteiger partial charge in [0.15, 0.2) is 0 Å². The normalized spacial score (nSPS) is 57.2. The summed E-state index contributed by atoms with van der Waals surface area (Å²) < 4.78 is 23.3. The lowest BCUT2D eigenvalue weighted by atomic mass is 9.42. The average molecular weight is 567 g/mol.